The molecule has 0 bridgehead atoms. The van der Waals surface area contributed by atoms with Crippen molar-refractivity contribution in [2.24, 2.45) is 0 Å². The molecule has 2 N–H and O–H groups in total. The number of benzene rings is 1. The van der Waals surface area contributed by atoms with Crippen molar-refractivity contribution in [1.82, 2.24) is 0 Å². The van der Waals surface area contributed by atoms with E-state index in [9.17, 15) is 27.9 Å². The number of ether oxygens (including phenoxy) is 1. The first-order valence-electron chi connectivity index (χ1n) is 7.18. The number of carboxylic acid groups (broad SMARTS) is 1. The highest BCUT2D eigenvalue weighted by Gasteiger charge is 2.36. The average Bonchev–Trinajstić information content (AvgIpc) is 3.06. The van der Waals surface area contributed by atoms with Crippen LogP contribution in [0.25, 0.3) is 0 Å². The van der Waals surface area contributed by atoms with Gasteiger partial charge in [0.1, 0.15) is 10.6 Å². The highest BCUT2D eigenvalue weighted by molar-refractivity contribution is 7.17. The van der Waals surface area contributed by atoms with E-state index >= 15 is 0 Å². The molecule has 1 aromatic carbocycles. The molecule has 5 nitrogen and oxygen atoms in total. The standard InChI is InChI=1S/C16H12F3NO4S/c1-7-11-10(6-24-7)25-14(12(11)15(22)23)20-13(21)8-4-2-3-5-9(8)16(17,18)19/h2-5,7H,6H2,1H3,(H,20,21)(H,22,23). The maximum absolute atomic E-state index is 13.1. The van der Waals surface area contributed by atoms with Gasteiger partial charge < -0.3 is 15.2 Å². The minimum Gasteiger partial charge on any atom is -0.478 e. The van der Waals surface area contributed by atoms with Gasteiger partial charge in [-0.3, -0.25) is 4.79 Å². The molecule has 132 valence electrons. The van der Waals surface area contributed by atoms with E-state index in [1.807, 2.05) is 0 Å². The van der Waals surface area contributed by atoms with Gasteiger partial charge in [0, 0.05) is 10.4 Å². The van der Waals surface area contributed by atoms with Gasteiger partial charge in [-0.05, 0) is 19.1 Å². The average molecular weight is 371 g/mol. The number of hydrogen-bond acceptors (Lipinski definition) is 4. The van der Waals surface area contributed by atoms with Crippen LogP contribution in [0.15, 0.2) is 24.3 Å². The largest absolute Gasteiger partial charge is 0.478 e. The second kappa shape index (κ2) is 6.16. The lowest BCUT2D eigenvalue weighted by atomic mass is 10.1. The quantitative estimate of drug-likeness (QED) is 0.843. The number of hydrogen-bond donors (Lipinski definition) is 2. The number of carbonyl (C=O) groups excluding carboxylic acids is 1. The van der Waals surface area contributed by atoms with Crippen molar-refractivity contribution in [1.29, 1.82) is 0 Å². The molecule has 1 atom stereocenters. The van der Waals surface area contributed by atoms with Crippen molar-refractivity contribution in [3.05, 3.63) is 51.4 Å². The second-order valence-electron chi connectivity index (χ2n) is 5.40. The molecular weight excluding hydrogens is 359 g/mol. The third-order valence-electron chi connectivity index (χ3n) is 3.81. The molecule has 2 aromatic rings. The molecule has 1 aromatic heterocycles. The Hall–Kier alpha value is -2.39. The summed E-state index contributed by atoms with van der Waals surface area (Å²) in [5.41, 5.74) is -1.32. The molecule has 0 spiro atoms. The van der Waals surface area contributed by atoms with Crippen molar-refractivity contribution < 1.29 is 32.6 Å². The number of carbonyl (C=O) groups is 2. The fourth-order valence-electron chi connectivity index (χ4n) is 2.71. The van der Waals surface area contributed by atoms with Crippen LogP contribution in [0.3, 0.4) is 0 Å². The Morgan fingerprint density at radius 3 is 2.64 bits per heavy atom. The lowest BCUT2D eigenvalue weighted by Crippen LogP contribution is -2.19. The number of aromatic carboxylic acids is 1. The molecule has 1 aliphatic rings. The van der Waals surface area contributed by atoms with Crippen LogP contribution in [0.2, 0.25) is 0 Å². The van der Waals surface area contributed by atoms with Crippen molar-refractivity contribution in [2.75, 3.05) is 5.32 Å². The Kier molecular flexibility index (Phi) is 4.29. The van der Waals surface area contributed by atoms with Gasteiger partial charge in [0.15, 0.2) is 0 Å². The number of halogens is 3. The van der Waals surface area contributed by atoms with E-state index in [1.165, 1.54) is 12.1 Å². The zero-order chi connectivity index (χ0) is 18.4. The molecule has 0 radical (unpaired) electrons. The van der Waals surface area contributed by atoms with Crippen LogP contribution < -0.4 is 5.32 Å². The number of anilines is 1. The lowest BCUT2D eigenvalue weighted by Gasteiger charge is -2.13. The van der Waals surface area contributed by atoms with E-state index in [0.717, 1.165) is 23.5 Å². The molecule has 2 heterocycles. The third kappa shape index (κ3) is 3.12. The van der Waals surface area contributed by atoms with Gasteiger partial charge in [0.05, 0.1) is 23.8 Å². The highest BCUT2D eigenvalue weighted by atomic mass is 32.1. The van der Waals surface area contributed by atoms with Crippen LogP contribution >= 0.6 is 11.3 Å². The fraction of sp³-hybridized carbons (Fsp3) is 0.250. The molecule has 1 aliphatic heterocycles. The molecule has 0 saturated heterocycles. The molecule has 9 heteroatoms. The summed E-state index contributed by atoms with van der Waals surface area (Å²) < 4.78 is 44.5. The van der Waals surface area contributed by atoms with E-state index in [4.69, 9.17) is 4.74 Å². The summed E-state index contributed by atoms with van der Waals surface area (Å²) in [5.74, 6) is -2.28. The molecule has 1 unspecified atom stereocenters. The van der Waals surface area contributed by atoms with Crippen LogP contribution in [0, 0.1) is 0 Å². The number of rotatable bonds is 3. The van der Waals surface area contributed by atoms with Gasteiger partial charge in [0.25, 0.3) is 5.91 Å². The Morgan fingerprint density at radius 2 is 2.00 bits per heavy atom. The fourth-order valence-corrected chi connectivity index (χ4v) is 3.91. The van der Waals surface area contributed by atoms with Gasteiger partial charge in [-0.1, -0.05) is 12.1 Å². The van der Waals surface area contributed by atoms with Crippen molar-refractivity contribution in [2.45, 2.75) is 25.8 Å². The number of carboxylic acids is 1. The number of nitrogens with one attached hydrogen (secondary N) is 1. The Morgan fingerprint density at radius 1 is 1.32 bits per heavy atom. The van der Waals surface area contributed by atoms with E-state index in [0.29, 0.717) is 10.4 Å². The van der Waals surface area contributed by atoms with E-state index in [1.54, 1.807) is 6.92 Å². The van der Waals surface area contributed by atoms with Gasteiger partial charge in [0.2, 0.25) is 0 Å². The summed E-state index contributed by atoms with van der Waals surface area (Å²) in [6, 6.07) is 4.34. The normalized spacial score (nSPS) is 16.6. The highest BCUT2D eigenvalue weighted by Crippen LogP contribution is 2.43. The number of amides is 1. The molecule has 0 saturated carbocycles. The first kappa shape index (κ1) is 17.4. The zero-order valence-corrected chi connectivity index (χ0v) is 13.6. The van der Waals surface area contributed by atoms with Crippen molar-refractivity contribution in [3.8, 4) is 0 Å². The molecular formula is C16H12F3NO4S. The summed E-state index contributed by atoms with van der Waals surface area (Å²) in [5, 5.41) is 11.7. The van der Waals surface area contributed by atoms with Gasteiger partial charge in [-0.15, -0.1) is 11.3 Å². The molecule has 0 aliphatic carbocycles. The summed E-state index contributed by atoms with van der Waals surface area (Å²) in [6.45, 7) is 1.88. The van der Waals surface area contributed by atoms with Crippen LogP contribution in [0.5, 0.6) is 0 Å². The summed E-state index contributed by atoms with van der Waals surface area (Å²) in [4.78, 5) is 24.5. The maximum Gasteiger partial charge on any atom is 0.417 e. The van der Waals surface area contributed by atoms with Crippen LogP contribution in [-0.2, 0) is 17.5 Å². The predicted octanol–water partition coefficient (Wildman–Crippen LogP) is 4.31. The van der Waals surface area contributed by atoms with Crippen LogP contribution in [0.1, 0.15) is 49.7 Å². The first-order valence-corrected chi connectivity index (χ1v) is 7.99. The zero-order valence-electron chi connectivity index (χ0n) is 12.8. The first-order chi connectivity index (χ1) is 11.7. The van der Waals surface area contributed by atoms with E-state index in [-0.39, 0.29) is 17.2 Å². The molecule has 3 rings (SSSR count). The van der Waals surface area contributed by atoms with Gasteiger partial charge in [-0.25, -0.2) is 4.79 Å². The Balaban J connectivity index is 1.99. The minimum absolute atomic E-state index is 0.00891. The monoisotopic (exact) mass is 371 g/mol. The van der Waals surface area contributed by atoms with Crippen molar-refractivity contribution in [3.63, 3.8) is 0 Å². The Labute approximate surface area is 144 Å². The maximum atomic E-state index is 13.1. The second-order valence-corrected chi connectivity index (χ2v) is 6.50. The number of alkyl halides is 3. The topological polar surface area (TPSA) is 75.6 Å². The summed E-state index contributed by atoms with van der Waals surface area (Å²) in [7, 11) is 0. The Bertz CT molecular complexity index is 860. The number of thiophene rings is 1. The van der Waals surface area contributed by atoms with Gasteiger partial charge in [-0.2, -0.15) is 13.2 Å². The van der Waals surface area contributed by atoms with Crippen LogP contribution in [0.4, 0.5) is 18.2 Å². The van der Waals surface area contributed by atoms with E-state index in [2.05, 4.69) is 5.32 Å². The minimum atomic E-state index is -4.69. The lowest BCUT2D eigenvalue weighted by molar-refractivity contribution is -0.137. The summed E-state index contributed by atoms with van der Waals surface area (Å²) in [6.07, 6.45) is -5.14. The smallest absolute Gasteiger partial charge is 0.417 e. The summed E-state index contributed by atoms with van der Waals surface area (Å²) >= 11 is 0.998. The predicted molar refractivity (Wildman–Crippen MR) is 83.9 cm³/mol. The third-order valence-corrected chi connectivity index (χ3v) is 4.91. The molecule has 1 amide bonds. The van der Waals surface area contributed by atoms with E-state index < -0.39 is 35.3 Å². The SMILES string of the molecule is CC1OCc2sc(NC(=O)c3ccccc3C(F)(F)F)c(C(=O)O)c21. The van der Waals surface area contributed by atoms with Crippen molar-refractivity contribution >= 4 is 28.2 Å². The molecule has 0 fully saturated rings. The van der Waals surface area contributed by atoms with Crippen LogP contribution in [-0.4, -0.2) is 17.0 Å². The van der Waals surface area contributed by atoms with Gasteiger partial charge >= 0.3 is 12.1 Å². The number of fused-ring (bicyclic) bond motifs is 1. The molecule has 25 heavy (non-hydrogen) atoms.